The number of nitrogens with zero attached hydrogens (tertiary/aromatic N) is 1. The van der Waals surface area contributed by atoms with E-state index in [1.54, 1.807) is 11.3 Å². The molecule has 0 amide bonds. The summed E-state index contributed by atoms with van der Waals surface area (Å²) in [6.45, 7) is 0. The van der Waals surface area contributed by atoms with Crippen molar-refractivity contribution < 1.29 is 0 Å². The largest absolute Gasteiger partial charge is 0.313 e. The van der Waals surface area contributed by atoms with Crippen LogP contribution in [0.25, 0.3) is 10.8 Å². The molecular weight excluding hydrogens is 252 g/mol. The van der Waals surface area contributed by atoms with Gasteiger partial charge < -0.3 is 5.32 Å². The van der Waals surface area contributed by atoms with Gasteiger partial charge in [0.15, 0.2) is 0 Å². The number of benzene rings is 1. The van der Waals surface area contributed by atoms with E-state index < -0.39 is 0 Å². The maximum absolute atomic E-state index is 4.37. The highest BCUT2D eigenvalue weighted by molar-refractivity contribution is 7.09. The summed E-state index contributed by atoms with van der Waals surface area (Å²) in [6.07, 6.45) is 4.91. The zero-order valence-electron chi connectivity index (χ0n) is 10.8. The molecule has 0 radical (unpaired) electrons. The van der Waals surface area contributed by atoms with E-state index in [0.717, 1.165) is 6.42 Å². The molecule has 1 N–H and O–H groups in total. The molecule has 0 bridgehead atoms. The summed E-state index contributed by atoms with van der Waals surface area (Å²) in [4.78, 5) is 5.77. The summed E-state index contributed by atoms with van der Waals surface area (Å²) >= 11 is 1.81. The van der Waals surface area contributed by atoms with Crippen molar-refractivity contribution in [3.63, 3.8) is 0 Å². The SMILES string of the molecule is CNC(Cc1cccs1)c1cncc2ccccc12. The number of hydrogen-bond acceptors (Lipinski definition) is 3. The van der Waals surface area contributed by atoms with Crippen LogP contribution in [-0.2, 0) is 6.42 Å². The molecule has 0 spiro atoms. The fourth-order valence-electron chi connectivity index (χ4n) is 2.42. The van der Waals surface area contributed by atoms with E-state index >= 15 is 0 Å². The Morgan fingerprint density at radius 1 is 1.16 bits per heavy atom. The highest BCUT2D eigenvalue weighted by atomic mass is 32.1. The number of aromatic nitrogens is 1. The van der Waals surface area contributed by atoms with Crippen molar-refractivity contribution in [2.24, 2.45) is 0 Å². The molecule has 1 unspecified atom stereocenters. The summed E-state index contributed by atoms with van der Waals surface area (Å²) in [6, 6.07) is 13.0. The maximum Gasteiger partial charge on any atom is 0.0387 e. The lowest BCUT2D eigenvalue weighted by molar-refractivity contribution is 0.599. The first kappa shape index (κ1) is 12.3. The summed E-state index contributed by atoms with van der Waals surface area (Å²) in [5.74, 6) is 0. The summed E-state index contributed by atoms with van der Waals surface area (Å²) in [7, 11) is 2.01. The Morgan fingerprint density at radius 3 is 2.84 bits per heavy atom. The van der Waals surface area contributed by atoms with Gasteiger partial charge in [-0.2, -0.15) is 0 Å². The van der Waals surface area contributed by atoms with Crippen LogP contribution in [0.15, 0.2) is 54.2 Å². The number of rotatable bonds is 4. The van der Waals surface area contributed by atoms with Crippen molar-refractivity contribution in [1.29, 1.82) is 0 Å². The predicted octanol–water partition coefficient (Wildman–Crippen LogP) is 3.80. The molecule has 2 nitrogen and oxygen atoms in total. The van der Waals surface area contributed by atoms with Gasteiger partial charge in [0.2, 0.25) is 0 Å². The maximum atomic E-state index is 4.37. The lowest BCUT2D eigenvalue weighted by Crippen LogP contribution is -2.19. The Labute approximate surface area is 117 Å². The fourth-order valence-corrected chi connectivity index (χ4v) is 3.17. The number of fused-ring (bicyclic) bond motifs is 1. The molecule has 3 rings (SSSR count). The van der Waals surface area contributed by atoms with Crippen LogP contribution >= 0.6 is 11.3 Å². The molecule has 0 aliphatic carbocycles. The molecule has 19 heavy (non-hydrogen) atoms. The molecule has 1 aromatic carbocycles. The monoisotopic (exact) mass is 268 g/mol. The molecule has 0 aliphatic heterocycles. The average Bonchev–Trinajstić information content (AvgIpc) is 2.97. The standard InChI is InChI=1S/C16H16N2S/c1-17-16(9-13-6-4-8-19-13)15-11-18-10-12-5-2-3-7-14(12)15/h2-8,10-11,16-17H,9H2,1H3. The van der Waals surface area contributed by atoms with Crippen molar-refractivity contribution in [2.75, 3.05) is 7.05 Å². The van der Waals surface area contributed by atoms with Crippen LogP contribution in [0.2, 0.25) is 0 Å². The first-order valence-electron chi connectivity index (χ1n) is 6.41. The summed E-state index contributed by atoms with van der Waals surface area (Å²) in [5.41, 5.74) is 1.27. The van der Waals surface area contributed by atoms with Crippen molar-refractivity contribution in [1.82, 2.24) is 10.3 Å². The number of thiophene rings is 1. The molecule has 2 aromatic heterocycles. The van der Waals surface area contributed by atoms with Gasteiger partial charge >= 0.3 is 0 Å². The van der Waals surface area contributed by atoms with Gasteiger partial charge in [0, 0.05) is 35.1 Å². The number of hydrogen-bond donors (Lipinski definition) is 1. The van der Waals surface area contributed by atoms with Crippen LogP contribution in [0.5, 0.6) is 0 Å². The van der Waals surface area contributed by atoms with E-state index in [4.69, 9.17) is 0 Å². The topological polar surface area (TPSA) is 24.9 Å². The molecule has 3 aromatic rings. The lowest BCUT2D eigenvalue weighted by atomic mass is 9.99. The van der Waals surface area contributed by atoms with Crippen molar-refractivity contribution >= 4 is 22.1 Å². The Morgan fingerprint density at radius 2 is 2.05 bits per heavy atom. The van der Waals surface area contributed by atoms with Gasteiger partial charge in [-0.25, -0.2) is 0 Å². The molecule has 2 heterocycles. The summed E-state index contributed by atoms with van der Waals surface area (Å²) in [5, 5.41) is 8.03. The molecule has 1 atom stereocenters. The van der Waals surface area contributed by atoms with Gasteiger partial charge in [0.1, 0.15) is 0 Å². The second-order valence-electron chi connectivity index (χ2n) is 4.57. The molecule has 0 saturated carbocycles. The Balaban J connectivity index is 2.01. The van der Waals surface area contributed by atoms with Crippen LogP contribution in [0.4, 0.5) is 0 Å². The van der Waals surface area contributed by atoms with E-state index in [9.17, 15) is 0 Å². The molecule has 0 saturated heterocycles. The number of likely N-dealkylation sites (N-methyl/N-ethyl adjacent to an activating group) is 1. The number of nitrogens with one attached hydrogen (secondary N) is 1. The third-order valence-corrected chi connectivity index (χ3v) is 4.31. The fraction of sp³-hybridized carbons (Fsp3) is 0.188. The van der Waals surface area contributed by atoms with Gasteiger partial charge in [-0.15, -0.1) is 11.3 Å². The quantitative estimate of drug-likeness (QED) is 0.778. The smallest absolute Gasteiger partial charge is 0.0387 e. The van der Waals surface area contributed by atoms with E-state index in [1.807, 2.05) is 19.4 Å². The van der Waals surface area contributed by atoms with Gasteiger partial charge in [0.05, 0.1) is 0 Å². The van der Waals surface area contributed by atoms with E-state index in [1.165, 1.54) is 21.2 Å². The van der Waals surface area contributed by atoms with Crippen molar-refractivity contribution in [3.8, 4) is 0 Å². The van der Waals surface area contributed by atoms with Gasteiger partial charge in [-0.05, 0) is 29.4 Å². The van der Waals surface area contributed by atoms with Crippen LogP contribution in [-0.4, -0.2) is 12.0 Å². The van der Waals surface area contributed by atoms with E-state index in [-0.39, 0.29) is 0 Å². The average molecular weight is 268 g/mol. The zero-order valence-corrected chi connectivity index (χ0v) is 11.7. The van der Waals surface area contributed by atoms with Crippen LogP contribution in [0.3, 0.4) is 0 Å². The Kier molecular flexibility index (Phi) is 3.58. The third kappa shape index (κ3) is 2.53. The van der Waals surface area contributed by atoms with Crippen LogP contribution in [0.1, 0.15) is 16.5 Å². The molecule has 96 valence electrons. The predicted molar refractivity (Wildman–Crippen MR) is 81.6 cm³/mol. The van der Waals surface area contributed by atoms with Gasteiger partial charge in [-0.3, -0.25) is 4.98 Å². The second-order valence-corrected chi connectivity index (χ2v) is 5.61. The van der Waals surface area contributed by atoms with Gasteiger partial charge in [-0.1, -0.05) is 30.3 Å². The van der Waals surface area contributed by atoms with Crippen molar-refractivity contribution in [2.45, 2.75) is 12.5 Å². The summed E-state index contributed by atoms with van der Waals surface area (Å²) < 4.78 is 0. The molecule has 3 heteroatoms. The highest BCUT2D eigenvalue weighted by Crippen LogP contribution is 2.26. The Hall–Kier alpha value is -1.71. The minimum Gasteiger partial charge on any atom is -0.313 e. The minimum absolute atomic E-state index is 0.303. The van der Waals surface area contributed by atoms with Crippen molar-refractivity contribution in [3.05, 3.63) is 64.6 Å². The normalized spacial score (nSPS) is 12.7. The number of pyridine rings is 1. The molecule has 0 aliphatic rings. The van der Waals surface area contributed by atoms with Crippen LogP contribution in [0, 0.1) is 0 Å². The first-order valence-corrected chi connectivity index (χ1v) is 7.29. The van der Waals surface area contributed by atoms with Crippen LogP contribution < -0.4 is 5.32 Å². The highest BCUT2D eigenvalue weighted by Gasteiger charge is 2.14. The minimum atomic E-state index is 0.303. The second kappa shape index (κ2) is 5.51. The molecule has 0 fully saturated rings. The zero-order chi connectivity index (χ0) is 13.1. The Bertz CT molecular complexity index is 656. The van der Waals surface area contributed by atoms with E-state index in [2.05, 4.69) is 52.1 Å². The lowest BCUT2D eigenvalue weighted by Gasteiger charge is -2.17. The first-order chi connectivity index (χ1) is 9.38. The van der Waals surface area contributed by atoms with E-state index in [0.29, 0.717) is 6.04 Å². The third-order valence-electron chi connectivity index (χ3n) is 3.41. The molecular formula is C16H16N2S. The van der Waals surface area contributed by atoms with Gasteiger partial charge in [0.25, 0.3) is 0 Å².